The number of benzene rings is 1. The Morgan fingerprint density at radius 2 is 1.75 bits per heavy atom. The molecule has 1 saturated heterocycles. The zero-order valence-corrected chi connectivity index (χ0v) is 11.4. The van der Waals surface area contributed by atoms with Gasteiger partial charge in [0.1, 0.15) is 0 Å². The number of likely N-dealkylation sites (tertiary alicyclic amines) is 1. The normalized spacial score (nSPS) is 17.3. The van der Waals surface area contributed by atoms with Crippen LogP contribution in [-0.4, -0.2) is 23.9 Å². The summed E-state index contributed by atoms with van der Waals surface area (Å²) in [7, 11) is 0. The summed E-state index contributed by atoms with van der Waals surface area (Å²) in [4.78, 5) is 13.9. The molecule has 1 aliphatic heterocycles. The van der Waals surface area contributed by atoms with E-state index in [2.05, 4.69) is 6.92 Å². The summed E-state index contributed by atoms with van der Waals surface area (Å²) >= 11 is 0. The van der Waals surface area contributed by atoms with Crippen molar-refractivity contribution in [2.45, 2.75) is 32.4 Å². The maximum absolute atomic E-state index is 12.4. The predicted octanol–water partition coefficient (Wildman–Crippen LogP) is 3.51. The standard InChI is InChI=1S/C15H18F3NO/c1-11-6-8-19(9-7-11)14(20)10-12-2-4-13(5-3-12)15(16,17)18/h2-5,11H,6-10H2,1H3. The summed E-state index contributed by atoms with van der Waals surface area (Å²) < 4.78 is 37.3. The van der Waals surface area contributed by atoms with Gasteiger partial charge in [-0.05, 0) is 36.5 Å². The highest BCUT2D eigenvalue weighted by atomic mass is 19.4. The van der Waals surface area contributed by atoms with Gasteiger partial charge in [0, 0.05) is 13.1 Å². The highest BCUT2D eigenvalue weighted by molar-refractivity contribution is 5.78. The van der Waals surface area contributed by atoms with E-state index in [1.807, 2.05) is 0 Å². The van der Waals surface area contributed by atoms with Gasteiger partial charge in [0.25, 0.3) is 0 Å². The number of nitrogens with zero attached hydrogens (tertiary/aromatic N) is 1. The maximum Gasteiger partial charge on any atom is 0.416 e. The number of piperidine rings is 1. The van der Waals surface area contributed by atoms with Gasteiger partial charge in [0.15, 0.2) is 0 Å². The first-order valence-corrected chi connectivity index (χ1v) is 6.80. The van der Waals surface area contributed by atoms with Gasteiger partial charge >= 0.3 is 6.18 Å². The van der Waals surface area contributed by atoms with Crippen molar-refractivity contribution in [2.24, 2.45) is 5.92 Å². The molecule has 1 aromatic carbocycles. The molecule has 0 saturated carbocycles. The lowest BCUT2D eigenvalue weighted by molar-refractivity contribution is -0.137. The second-order valence-electron chi connectivity index (χ2n) is 5.43. The minimum atomic E-state index is -4.33. The number of halogens is 3. The SMILES string of the molecule is CC1CCN(C(=O)Cc2ccc(C(F)(F)F)cc2)CC1. The van der Waals surface area contributed by atoms with Crippen molar-refractivity contribution >= 4 is 5.91 Å². The van der Waals surface area contributed by atoms with E-state index in [1.165, 1.54) is 12.1 Å². The number of rotatable bonds is 2. The van der Waals surface area contributed by atoms with Crippen molar-refractivity contribution in [1.82, 2.24) is 4.90 Å². The summed E-state index contributed by atoms with van der Waals surface area (Å²) in [6.45, 7) is 3.67. The molecule has 1 aliphatic rings. The van der Waals surface area contributed by atoms with Crippen molar-refractivity contribution in [2.75, 3.05) is 13.1 Å². The van der Waals surface area contributed by atoms with E-state index in [1.54, 1.807) is 4.90 Å². The molecule has 2 rings (SSSR count). The molecule has 1 heterocycles. The summed E-state index contributed by atoms with van der Waals surface area (Å²) in [5.41, 5.74) is -0.0536. The van der Waals surface area contributed by atoms with Crippen LogP contribution in [0.15, 0.2) is 24.3 Å². The van der Waals surface area contributed by atoms with Crippen LogP contribution in [0, 0.1) is 5.92 Å². The molecule has 0 aromatic heterocycles. The molecular formula is C15H18F3NO. The molecule has 0 bridgehead atoms. The number of hydrogen-bond donors (Lipinski definition) is 0. The molecule has 1 amide bonds. The van der Waals surface area contributed by atoms with Gasteiger partial charge in [-0.25, -0.2) is 0 Å². The monoisotopic (exact) mass is 285 g/mol. The Kier molecular flexibility index (Phi) is 4.35. The number of hydrogen-bond acceptors (Lipinski definition) is 1. The molecule has 1 aromatic rings. The summed E-state index contributed by atoms with van der Waals surface area (Å²) in [6, 6.07) is 4.82. The molecule has 2 nitrogen and oxygen atoms in total. The first kappa shape index (κ1) is 14.9. The number of alkyl halides is 3. The third-order valence-corrected chi connectivity index (χ3v) is 3.77. The van der Waals surface area contributed by atoms with E-state index in [-0.39, 0.29) is 12.3 Å². The summed E-state index contributed by atoms with van der Waals surface area (Å²) in [5.74, 6) is 0.641. The smallest absolute Gasteiger partial charge is 0.342 e. The molecular weight excluding hydrogens is 267 g/mol. The average molecular weight is 285 g/mol. The lowest BCUT2D eigenvalue weighted by atomic mass is 9.98. The van der Waals surface area contributed by atoms with Gasteiger partial charge in [-0.15, -0.1) is 0 Å². The average Bonchev–Trinajstić information content (AvgIpc) is 2.39. The first-order valence-electron chi connectivity index (χ1n) is 6.80. The van der Waals surface area contributed by atoms with E-state index < -0.39 is 11.7 Å². The highest BCUT2D eigenvalue weighted by Gasteiger charge is 2.30. The molecule has 0 radical (unpaired) electrons. The number of carbonyl (C=O) groups excluding carboxylic acids is 1. The molecule has 0 N–H and O–H groups in total. The topological polar surface area (TPSA) is 20.3 Å². The van der Waals surface area contributed by atoms with Crippen molar-refractivity contribution in [1.29, 1.82) is 0 Å². The van der Waals surface area contributed by atoms with Crippen LogP contribution >= 0.6 is 0 Å². The van der Waals surface area contributed by atoms with Crippen LogP contribution in [0.4, 0.5) is 13.2 Å². The molecule has 0 atom stereocenters. The van der Waals surface area contributed by atoms with Crippen LogP contribution in [0.3, 0.4) is 0 Å². The van der Waals surface area contributed by atoms with Crippen LogP contribution in [0.1, 0.15) is 30.9 Å². The fourth-order valence-electron chi connectivity index (χ4n) is 2.36. The van der Waals surface area contributed by atoms with Crippen molar-refractivity contribution in [3.63, 3.8) is 0 Å². The Hall–Kier alpha value is -1.52. The molecule has 110 valence electrons. The van der Waals surface area contributed by atoms with Crippen LogP contribution < -0.4 is 0 Å². The number of amides is 1. The Morgan fingerprint density at radius 3 is 2.25 bits per heavy atom. The van der Waals surface area contributed by atoms with E-state index in [4.69, 9.17) is 0 Å². The summed E-state index contributed by atoms with van der Waals surface area (Å²) in [5, 5.41) is 0. The Balaban J connectivity index is 1.94. The third-order valence-electron chi connectivity index (χ3n) is 3.77. The Morgan fingerprint density at radius 1 is 1.20 bits per heavy atom. The van der Waals surface area contributed by atoms with Gasteiger partial charge in [0.2, 0.25) is 5.91 Å². The van der Waals surface area contributed by atoms with Gasteiger partial charge in [-0.3, -0.25) is 4.79 Å². The predicted molar refractivity (Wildman–Crippen MR) is 70.1 cm³/mol. The van der Waals surface area contributed by atoms with Gasteiger partial charge in [-0.1, -0.05) is 19.1 Å². The maximum atomic E-state index is 12.4. The molecule has 5 heteroatoms. The Labute approximate surface area is 116 Å². The lowest BCUT2D eigenvalue weighted by Gasteiger charge is -2.30. The minimum Gasteiger partial charge on any atom is -0.342 e. The first-order chi connectivity index (χ1) is 9.36. The number of carbonyl (C=O) groups is 1. The lowest BCUT2D eigenvalue weighted by Crippen LogP contribution is -2.38. The van der Waals surface area contributed by atoms with Crippen LogP contribution in [0.2, 0.25) is 0 Å². The zero-order valence-electron chi connectivity index (χ0n) is 11.4. The molecule has 0 unspecified atom stereocenters. The van der Waals surface area contributed by atoms with Crippen LogP contribution in [0.5, 0.6) is 0 Å². The highest BCUT2D eigenvalue weighted by Crippen LogP contribution is 2.29. The Bertz CT molecular complexity index is 459. The van der Waals surface area contributed by atoms with Crippen LogP contribution in [0.25, 0.3) is 0 Å². The second kappa shape index (κ2) is 5.85. The van der Waals surface area contributed by atoms with Crippen molar-refractivity contribution in [3.05, 3.63) is 35.4 Å². The minimum absolute atomic E-state index is 0.00309. The van der Waals surface area contributed by atoms with E-state index in [0.29, 0.717) is 11.5 Å². The zero-order chi connectivity index (χ0) is 14.8. The van der Waals surface area contributed by atoms with E-state index in [0.717, 1.165) is 38.1 Å². The third kappa shape index (κ3) is 3.74. The fraction of sp³-hybridized carbons (Fsp3) is 0.533. The van der Waals surface area contributed by atoms with Gasteiger partial charge < -0.3 is 4.90 Å². The molecule has 0 aliphatic carbocycles. The van der Waals surface area contributed by atoms with E-state index >= 15 is 0 Å². The largest absolute Gasteiger partial charge is 0.416 e. The van der Waals surface area contributed by atoms with Crippen LogP contribution in [-0.2, 0) is 17.4 Å². The second-order valence-corrected chi connectivity index (χ2v) is 5.43. The molecule has 0 spiro atoms. The van der Waals surface area contributed by atoms with E-state index in [9.17, 15) is 18.0 Å². The quantitative estimate of drug-likeness (QED) is 0.814. The van der Waals surface area contributed by atoms with Crippen molar-refractivity contribution in [3.8, 4) is 0 Å². The van der Waals surface area contributed by atoms with Crippen molar-refractivity contribution < 1.29 is 18.0 Å². The molecule has 1 fully saturated rings. The van der Waals surface area contributed by atoms with Gasteiger partial charge in [0.05, 0.1) is 12.0 Å². The molecule has 20 heavy (non-hydrogen) atoms. The fourth-order valence-corrected chi connectivity index (χ4v) is 2.36. The van der Waals surface area contributed by atoms with Gasteiger partial charge in [-0.2, -0.15) is 13.2 Å². The summed E-state index contributed by atoms with van der Waals surface area (Å²) in [6.07, 6.45) is -2.16.